The van der Waals surface area contributed by atoms with Crippen molar-refractivity contribution < 1.29 is 4.74 Å². The van der Waals surface area contributed by atoms with E-state index in [0.717, 1.165) is 24.4 Å². The van der Waals surface area contributed by atoms with Gasteiger partial charge in [-0.05, 0) is 62.3 Å². The Morgan fingerprint density at radius 2 is 1.12 bits per heavy atom. The Labute approximate surface area is 202 Å². The Balaban J connectivity index is 0.000000247. The zero-order valence-electron chi connectivity index (χ0n) is 22.1. The largest absolute Gasteiger partial charge is 0.495 e. The summed E-state index contributed by atoms with van der Waals surface area (Å²) in [5.74, 6) is 0.914. The molecule has 0 aliphatic rings. The summed E-state index contributed by atoms with van der Waals surface area (Å²) in [6.45, 7) is 5.37. The van der Waals surface area contributed by atoms with Crippen LogP contribution in [0.4, 0.5) is 11.4 Å². The second kappa shape index (κ2) is 15.0. The highest BCUT2D eigenvalue weighted by Gasteiger charge is 2.01. The molecule has 0 aromatic heterocycles. The summed E-state index contributed by atoms with van der Waals surface area (Å²) in [7, 11) is 14.0. The third kappa shape index (κ3) is 10.0. The molecule has 180 valence electrons. The van der Waals surface area contributed by atoms with Crippen LogP contribution in [-0.2, 0) is 13.0 Å². The van der Waals surface area contributed by atoms with Crippen LogP contribution in [0.15, 0.2) is 72.8 Å². The minimum Gasteiger partial charge on any atom is -0.495 e. The maximum atomic E-state index is 5.16. The van der Waals surface area contributed by atoms with Crippen molar-refractivity contribution >= 4 is 11.4 Å². The molecule has 0 aliphatic carbocycles. The Bertz CT molecular complexity index is 884. The normalized spacial score (nSPS) is 9.88. The van der Waals surface area contributed by atoms with E-state index in [9.17, 15) is 0 Å². The molecule has 0 atom stereocenters. The topological polar surface area (TPSA) is 19.0 Å². The van der Waals surface area contributed by atoms with Gasteiger partial charge in [-0.15, -0.1) is 0 Å². The quantitative estimate of drug-likeness (QED) is 0.450. The molecule has 3 aromatic rings. The van der Waals surface area contributed by atoms with Crippen molar-refractivity contribution in [1.82, 2.24) is 4.90 Å². The molecule has 0 unspecified atom stereocenters. The predicted octanol–water partition coefficient (Wildman–Crippen LogP) is 6.13. The van der Waals surface area contributed by atoms with E-state index in [0.29, 0.717) is 0 Å². The van der Waals surface area contributed by atoms with Gasteiger partial charge in [-0.1, -0.05) is 61.5 Å². The van der Waals surface area contributed by atoms with Crippen molar-refractivity contribution in [2.24, 2.45) is 0 Å². The van der Waals surface area contributed by atoms with Gasteiger partial charge in [0.2, 0.25) is 0 Å². The van der Waals surface area contributed by atoms with E-state index in [-0.39, 0.29) is 0 Å². The average molecular weight is 450 g/mol. The number of methoxy groups -OCH3 is 1. The predicted molar refractivity (Wildman–Crippen MR) is 146 cm³/mol. The first-order valence-electron chi connectivity index (χ1n) is 11.5. The van der Waals surface area contributed by atoms with Crippen LogP contribution < -0.4 is 14.5 Å². The molecule has 0 heterocycles. The highest BCUT2D eigenvalue weighted by atomic mass is 16.5. The fourth-order valence-electron chi connectivity index (χ4n) is 3.37. The number of aryl methyl sites for hydroxylation is 2. The number of hydrogen-bond acceptors (Lipinski definition) is 4. The number of nitrogens with zero attached hydrogens (tertiary/aromatic N) is 3. The number of hydrogen-bond donors (Lipinski definition) is 0. The van der Waals surface area contributed by atoms with Gasteiger partial charge in [-0.25, -0.2) is 0 Å². The first-order chi connectivity index (χ1) is 15.7. The summed E-state index contributed by atoms with van der Waals surface area (Å²) in [4.78, 5) is 6.36. The van der Waals surface area contributed by atoms with Gasteiger partial charge in [0.1, 0.15) is 5.75 Å². The molecule has 3 rings (SSSR count). The molecule has 0 radical (unpaired) electrons. The molecule has 4 heteroatoms. The lowest BCUT2D eigenvalue weighted by molar-refractivity contribution is 0.401. The molecule has 4 nitrogen and oxygen atoms in total. The van der Waals surface area contributed by atoms with Gasteiger partial charge in [0.25, 0.3) is 0 Å². The van der Waals surface area contributed by atoms with Crippen molar-refractivity contribution in [3.63, 3.8) is 0 Å². The maximum Gasteiger partial charge on any atom is 0.142 e. The lowest BCUT2D eigenvalue weighted by atomic mass is 10.1. The van der Waals surface area contributed by atoms with Gasteiger partial charge in [0, 0.05) is 40.4 Å². The first-order valence-corrected chi connectivity index (χ1v) is 11.5. The Hall–Kier alpha value is -2.98. The van der Waals surface area contributed by atoms with Gasteiger partial charge >= 0.3 is 0 Å². The summed E-state index contributed by atoms with van der Waals surface area (Å²) in [5, 5.41) is 0. The summed E-state index contributed by atoms with van der Waals surface area (Å²) in [6.07, 6.45) is 1.11. The van der Waals surface area contributed by atoms with E-state index in [1.165, 1.54) is 22.4 Å². The fraction of sp³-hybridized carbons (Fsp3) is 0.379. The van der Waals surface area contributed by atoms with Crippen LogP contribution >= 0.6 is 0 Å². The van der Waals surface area contributed by atoms with E-state index in [4.69, 9.17) is 4.74 Å². The first kappa shape index (κ1) is 28.1. The van der Waals surface area contributed by atoms with Crippen LogP contribution in [0.3, 0.4) is 0 Å². The number of para-hydroxylation sites is 3. The lowest BCUT2D eigenvalue weighted by Gasteiger charge is -2.15. The van der Waals surface area contributed by atoms with Gasteiger partial charge in [-0.3, -0.25) is 0 Å². The third-order valence-electron chi connectivity index (χ3n) is 5.17. The van der Waals surface area contributed by atoms with E-state index < -0.39 is 0 Å². The minimum atomic E-state index is 0.914. The molecule has 0 N–H and O–H groups in total. The molecule has 0 saturated carbocycles. The SMILES string of the molecule is CCc1ccccc1N(C)C.COc1ccccc1N(C)C.Cc1ccccc1CN(C)C. The number of ether oxygens (including phenoxy) is 1. The molecule has 0 saturated heterocycles. The molecular weight excluding hydrogens is 406 g/mol. The third-order valence-corrected chi connectivity index (χ3v) is 5.17. The van der Waals surface area contributed by atoms with Gasteiger partial charge in [0.15, 0.2) is 0 Å². The van der Waals surface area contributed by atoms with Crippen molar-refractivity contribution in [2.45, 2.75) is 26.8 Å². The van der Waals surface area contributed by atoms with E-state index in [2.05, 4.69) is 100 Å². The molecule has 0 aliphatic heterocycles. The zero-order valence-corrected chi connectivity index (χ0v) is 22.1. The smallest absolute Gasteiger partial charge is 0.142 e. The van der Waals surface area contributed by atoms with Gasteiger partial charge in [0.05, 0.1) is 12.8 Å². The second-order valence-electron chi connectivity index (χ2n) is 8.61. The molecule has 0 fully saturated rings. The number of benzene rings is 3. The second-order valence-corrected chi connectivity index (χ2v) is 8.61. The summed E-state index contributed by atoms with van der Waals surface area (Å²) in [5.41, 5.74) is 6.64. The molecule has 33 heavy (non-hydrogen) atoms. The van der Waals surface area contributed by atoms with Crippen molar-refractivity contribution in [2.75, 3.05) is 59.2 Å². The number of rotatable bonds is 6. The summed E-state index contributed by atoms with van der Waals surface area (Å²) >= 11 is 0. The highest BCUT2D eigenvalue weighted by molar-refractivity contribution is 5.57. The lowest BCUT2D eigenvalue weighted by Crippen LogP contribution is -2.11. The fourth-order valence-corrected chi connectivity index (χ4v) is 3.37. The molecule has 3 aromatic carbocycles. The Kier molecular flexibility index (Phi) is 12.7. The van der Waals surface area contributed by atoms with E-state index in [1.807, 2.05) is 43.3 Å². The average Bonchev–Trinajstić information content (AvgIpc) is 2.81. The van der Waals surface area contributed by atoms with Gasteiger partial charge in [-0.2, -0.15) is 0 Å². The Morgan fingerprint density at radius 3 is 1.55 bits per heavy atom. The van der Waals surface area contributed by atoms with Crippen LogP contribution in [0.1, 0.15) is 23.6 Å². The van der Waals surface area contributed by atoms with Crippen LogP contribution in [0.25, 0.3) is 0 Å². The molecule has 0 bridgehead atoms. The van der Waals surface area contributed by atoms with Gasteiger partial charge < -0.3 is 19.4 Å². The molecular formula is C29H43N3O. The van der Waals surface area contributed by atoms with Crippen molar-refractivity contribution in [3.05, 3.63) is 89.5 Å². The number of anilines is 2. The molecule has 0 amide bonds. The van der Waals surface area contributed by atoms with Crippen molar-refractivity contribution in [3.8, 4) is 5.75 Å². The van der Waals surface area contributed by atoms with Crippen LogP contribution in [0.5, 0.6) is 5.75 Å². The Morgan fingerprint density at radius 1 is 0.636 bits per heavy atom. The van der Waals surface area contributed by atoms with Crippen LogP contribution in [0, 0.1) is 6.92 Å². The zero-order chi connectivity index (χ0) is 24.8. The molecule has 0 spiro atoms. The van der Waals surface area contributed by atoms with E-state index >= 15 is 0 Å². The minimum absolute atomic E-state index is 0.914. The highest BCUT2D eigenvalue weighted by Crippen LogP contribution is 2.25. The van der Waals surface area contributed by atoms with Crippen LogP contribution in [0.2, 0.25) is 0 Å². The summed E-state index contributed by atoms with van der Waals surface area (Å²) in [6, 6.07) is 24.9. The maximum absolute atomic E-state index is 5.16. The summed E-state index contributed by atoms with van der Waals surface area (Å²) < 4.78 is 5.16. The van der Waals surface area contributed by atoms with Crippen molar-refractivity contribution in [1.29, 1.82) is 0 Å². The standard InChI is InChI=1S/2C10H15N.C9H13NO/c1-9-6-4-5-7-10(9)8-11(2)3;1-4-9-7-5-6-8-10(9)11(2)3;1-10(2)8-6-4-5-7-9(8)11-3/h4-7H,8H2,1-3H3;5-8H,4H2,1-3H3;4-7H,1-3H3. The monoisotopic (exact) mass is 449 g/mol. The van der Waals surface area contributed by atoms with Crippen LogP contribution in [-0.4, -0.2) is 54.3 Å². The van der Waals surface area contributed by atoms with E-state index in [1.54, 1.807) is 7.11 Å².